The second kappa shape index (κ2) is 7.75. The van der Waals surface area contributed by atoms with E-state index >= 15 is 0 Å². The Kier molecular flexibility index (Phi) is 5.47. The van der Waals surface area contributed by atoms with Crippen LogP contribution in [0.5, 0.6) is 0 Å². The van der Waals surface area contributed by atoms with Gasteiger partial charge in [0.05, 0.1) is 6.42 Å². The topological polar surface area (TPSA) is 23.6 Å². The van der Waals surface area contributed by atoms with Crippen molar-refractivity contribution in [1.82, 2.24) is 9.80 Å². The van der Waals surface area contributed by atoms with Crippen LogP contribution in [0.3, 0.4) is 0 Å². The number of likely N-dealkylation sites (N-methyl/N-ethyl adjacent to an activating group) is 1. The van der Waals surface area contributed by atoms with Crippen LogP contribution >= 0.6 is 11.3 Å². The third-order valence-electron chi connectivity index (χ3n) is 4.58. The average Bonchev–Trinajstić information content (AvgIpc) is 3.09. The van der Waals surface area contributed by atoms with E-state index in [2.05, 4.69) is 47.7 Å². The standard InChI is InChI=1S/C19H24N2OS/c1-20(13-16-6-3-2-4-7-16)18-8-5-10-21(14-18)19(22)12-17-9-11-23-15-17/h2-4,6-7,9,11,15,18H,5,8,10,12-14H2,1H3. The van der Waals surface area contributed by atoms with Crippen LogP contribution in [-0.4, -0.2) is 41.9 Å². The molecule has 3 rings (SSSR count). The Labute approximate surface area is 142 Å². The van der Waals surface area contributed by atoms with Crippen molar-refractivity contribution in [3.63, 3.8) is 0 Å². The van der Waals surface area contributed by atoms with Crippen molar-refractivity contribution in [1.29, 1.82) is 0 Å². The van der Waals surface area contributed by atoms with Crippen LogP contribution in [0.2, 0.25) is 0 Å². The molecule has 1 aliphatic rings. The summed E-state index contributed by atoms with van der Waals surface area (Å²) in [4.78, 5) is 16.9. The first kappa shape index (κ1) is 16.2. The molecule has 1 aromatic heterocycles. The van der Waals surface area contributed by atoms with Crippen LogP contribution in [-0.2, 0) is 17.8 Å². The SMILES string of the molecule is CN(Cc1ccccc1)C1CCCN(C(=O)Cc2ccsc2)C1. The van der Waals surface area contributed by atoms with Crippen molar-refractivity contribution in [3.8, 4) is 0 Å². The molecular formula is C19H24N2OS. The first-order valence-electron chi connectivity index (χ1n) is 8.25. The van der Waals surface area contributed by atoms with E-state index < -0.39 is 0 Å². The van der Waals surface area contributed by atoms with Gasteiger partial charge >= 0.3 is 0 Å². The number of nitrogens with zero attached hydrogens (tertiary/aromatic N) is 2. The molecule has 1 fully saturated rings. The third-order valence-corrected chi connectivity index (χ3v) is 5.31. The van der Waals surface area contributed by atoms with E-state index in [1.165, 1.54) is 12.0 Å². The van der Waals surface area contributed by atoms with Gasteiger partial charge < -0.3 is 4.90 Å². The average molecular weight is 328 g/mol. The molecule has 1 saturated heterocycles. The van der Waals surface area contributed by atoms with E-state index in [1.54, 1.807) is 11.3 Å². The van der Waals surface area contributed by atoms with Gasteiger partial charge in [0.2, 0.25) is 5.91 Å². The van der Waals surface area contributed by atoms with Gasteiger partial charge in [-0.15, -0.1) is 0 Å². The molecule has 0 spiro atoms. The monoisotopic (exact) mass is 328 g/mol. The zero-order valence-corrected chi connectivity index (χ0v) is 14.5. The van der Waals surface area contributed by atoms with Crippen molar-refractivity contribution < 1.29 is 4.79 Å². The van der Waals surface area contributed by atoms with Crippen LogP contribution in [0, 0.1) is 0 Å². The van der Waals surface area contributed by atoms with Gasteiger partial charge in [-0.3, -0.25) is 9.69 Å². The van der Waals surface area contributed by atoms with Crippen molar-refractivity contribution in [2.24, 2.45) is 0 Å². The second-order valence-corrected chi connectivity index (χ2v) is 7.12. The van der Waals surface area contributed by atoms with Gasteiger partial charge in [-0.25, -0.2) is 0 Å². The summed E-state index contributed by atoms with van der Waals surface area (Å²) in [5, 5.41) is 4.11. The minimum absolute atomic E-state index is 0.265. The van der Waals surface area contributed by atoms with Crippen LogP contribution in [0.1, 0.15) is 24.0 Å². The largest absolute Gasteiger partial charge is 0.341 e. The fraction of sp³-hybridized carbons (Fsp3) is 0.421. The van der Waals surface area contributed by atoms with Crippen molar-refractivity contribution in [3.05, 3.63) is 58.3 Å². The first-order chi connectivity index (χ1) is 11.2. The smallest absolute Gasteiger partial charge is 0.227 e. The van der Waals surface area contributed by atoms with Gasteiger partial charge in [0, 0.05) is 25.7 Å². The van der Waals surface area contributed by atoms with E-state index in [-0.39, 0.29) is 5.91 Å². The number of hydrogen-bond acceptors (Lipinski definition) is 3. The molecule has 0 aliphatic carbocycles. The Hall–Kier alpha value is -1.65. The lowest BCUT2D eigenvalue weighted by molar-refractivity contribution is -0.132. The molecule has 0 bridgehead atoms. The molecule has 0 saturated carbocycles. The lowest BCUT2D eigenvalue weighted by Gasteiger charge is -2.37. The number of piperidine rings is 1. The Morgan fingerprint density at radius 3 is 2.83 bits per heavy atom. The molecule has 0 radical (unpaired) electrons. The summed E-state index contributed by atoms with van der Waals surface area (Å²) in [5.74, 6) is 0.265. The van der Waals surface area contributed by atoms with Crippen molar-refractivity contribution in [2.45, 2.75) is 31.8 Å². The van der Waals surface area contributed by atoms with Gasteiger partial charge in [-0.2, -0.15) is 11.3 Å². The second-order valence-electron chi connectivity index (χ2n) is 6.34. The molecule has 2 heterocycles. The number of likely N-dealkylation sites (tertiary alicyclic amines) is 1. The Balaban J connectivity index is 1.56. The van der Waals surface area contributed by atoms with E-state index in [4.69, 9.17) is 0 Å². The van der Waals surface area contributed by atoms with Crippen LogP contribution < -0.4 is 0 Å². The zero-order chi connectivity index (χ0) is 16.1. The highest BCUT2D eigenvalue weighted by Gasteiger charge is 2.26. The summed E-state index contributed by atoms with van der Waals surface area (Å²) in [6.07, 6.45) is 2.81. The summed E-state index contributed by atoms with van der Waals surface area (Å²) in [6, 6.07) is 13.1. The number of benzene rings is 1. The lowest BCUT2D eigenvalue weighted by atomic mass is 10.0. The molecule has 122 valence electrons. The summed E-state index contributed by atoms with van der Waals surface area (Å²) >= 11 is 1.66. The first-order valence-corrected chi connectivity index (χ1v) is 9.19. The van der Waals surface area contributed by atoms with Crippen LogP contribution in [0.4, 0.5) is 0 Å². The number of carbonyl (C=O) groups is 1. The van der Waals surface area contributed by atoms with Gasteiger partial charge in [-0.1, -0.05) is 30.3 Å². The molecule has 1 aromatic carbocycles. The highest BCUT2D eigenvalue weighted by atomic mass is 32.1. The van der Waals surface area contributed by atoms with Gasteiger partial charge in [0.25, 0.3) is 0 Å². The molecule has 3 nitrogen and oxygen atoms in total. The number of carbonyl (C=O) groups excluding carboxylic acids is 1. The van der Waals surface area contributed by atoms with Crippen LogP contribution in [0.15, 0.2) is 47.2 Å². The van der Waals surface area contributed by atoms with E-state index in [0.29, 0.717) is 12.5 Å². The molecule has 23 heavy (non-hydrogen) atoms. The fourth-order valence-corrected chi connectivity index (χ4v) is 3.89. The fourth-order valence-electron chi connectivity index (χ4n) is 3.22. The summed E-state index contributed by atoms with van der Waals surface area (Å²) in [7, 11) is 2.17. The predicted octanol–water partition coefficient (Wildman–Crippen LogP) is 3.41. The van der Waals surface area contributed by atoms with Crippen LogP contribution in [0.25, 0.3) is 0 Å². The molecule has 4 heteroatoms. The molecular weight excluding hydrogens is 304 g/mol. The van der Waals surface area contributed by atoms with Gasteiger partial charge in [0.1, 0.15) is 0 Å². The number of hydrogen-bond donors (Lipinski definition) is 0. The van der Waals surface area contributed by atoms with Gasteiger partial charge in [-0.05, 0) is 47.8 Å². The minimum atomic E-state index is 0.265. The number of rotatable bonds is 5. The molecule has 1 atom stereocenters. The number of amides is 1. The molecule has 0 N–H and O–H groups in total. The predicted molar refractivity (Wildman–Crippen MR) is 95.5 cm³/mol. The maximum Gasteiger partial charge on any atom is 0.227 e. The van der Waals surface area contributed by atoms with Crippen molar-refractivity contribution in [2.75, 3.05) is 20.1 Å². The van der Waals surface area contributed by atoms with Gasteiger partial charge in [0.15, 0.2) is 0 Å². The maximum absolute atomic E-state index is 12.5. The third kappa shape index (κ3) is 4.43. The maximum atomic E-state index is 12.5. The molecule has 2 aromatic rings. The summed E-state index contributed by atoms with van der Waals surface area (Å²) in [6.45, 7) is 2.70. The molecule has 1 amide bonds. The highest BCUT2D eigenvalue weighted by Crippen LogP contribution is 2.18. The number of thiophene rings is 1. The summed E-state index contributed by atoms with van der Waals surface area (Å²) < 4.78 is 0. The minimum Gasteiger partial charge on any atom is -0.341 e. The highest BCUT2D eigenvalue weighted by molar-refractivity contribution is 7.07. The van der Waals surface area contributed by atoms with E-state index in [9.17, 15) is 4.79 Å². The lowest BCUT2D eigenvalue weighted by Crippen LogP contribution is -2.48. The Morgan fingerprint density at radius 2 is 2.09 bits per heavy atom. The van der Waals surface area contributed by atoms with Crippen molar-refractivity contribution >= 4 is 17.2 Å². The normalized spacial score (nSPS) is 18.3. The molecule has 1 aliphatic heterocycles. The summed E-state index contributed by atoms with van der Waals surface area (Å²) in [5.41, 5.74) is 2.47. The zero-order valence-electron chi connectivity index (χ0n) is 13.6. The molecule has 1 unspecified atom stereocenters. The van der Waals surface area contributed by atoms with E-state index in [0.717, 1.165) is 31.6 Å². The Morgan fingerprint density at radius 1 is 1.26 bits per heavy atom. The Bertz CT molecular complexity index is 612. The van der Waals surface area contributed by atoms with E-state index in [1.807, 2.05) is 16.3 Å². The quantitative estimate of drug-likeness (QED) is 0.840.